The summed E-state index contributed by atoms with van der Waals surface area (Å²) in [7, 11) is 1.35. The Balaban J connectivity index is 2.70. The number of pyridine rings is 1. The Morgan fingerprint density at radius 2 is 2.19 bits per heavy atom. The summed E-state index contributed by atoms with van der Waals surface area (Å²) in [6.45, 7) is -0.955. The van der Waals surface area contributed by atoms with E-state index in [0.717, 1.165) is 4.90 Å². The van der Waals surface area contributed by atoms with Crippen molar-refractivity contribution in [2.24, 2.45) is 0 Å². The lowest BCUT2D eigenvalue weighted by atomic mass is 10.2. The predicted molar refractivity (Wildman–Crippen MR) is 51.3 cm³/mol. The van der Waals surface area contributed by atoms with E-state index in [9.17, 15) is 13.2 Å². The van der Waals surface area contributed by atoms with E-state index in [1.165, 1.54) is 13.2 Å². The highest BCUT2D eigenvalue weighted by Gasteiger charge is 2.29. The van der Waals surface area contributed by atoms with Crippen molar-refractivity contribution in [3.05, 3.63) is 29.6 Å². The minimum atomic E-state index is -4.23. The van der Waals surface area contributed by atoms with E-state index >= 15 is 0 Å². The van der Waals surface area contributed by atoms with Crippen molar-refractivity contribution in [2.75, 3.05) is 13.6 Å². The molecule has 0 aliphatic rings. The summed E-state index contributed by atoms with van der Waals surface area (Å²) in [6.07, 6.45) is -2.80. The zero-order valence-corrected chi connectivity index (χ0v) is 8.62. The molecule has 6 heteroatoms. The molecule has 0 unspecified atom stereocenters. The Labute approximate surface area is 91.1 Å². The largest absolute Gasteiger partial charge is 0.401 e. The minimum absolute atomic E-state index is 0.0518. The van der Waals surface area contributed by atoms with Crippen molar-refractivity contribution in [1.82, 2.24) is 9.88 Å². The zero-order valence-electron chi connectivity index (χ0n) is 8.62. The third-order valence-corrected chi connectivity index (χ3v) is 1.89. The Morgan fingerprint density at radius 3 is 2.75 bits per heavy atom. The summed E-state index contributed by atoms with van der Waals surface area (Å²) in [4.78, 5) is 4.87. The van der Waals surface area contributed by atoms with Gasteiger partial charge in [0.15, 0.2) is 0 Å². The third kappa shape index (κ3) is 3.87. The van der Waals surface area contributed by atoms with Gasteiger partial charge < -0.3 is 0 Å². The normalized spacial score (nSPS) is 11.5. The van der Waals surface area contributed by atoms with Crippen LogP contribution in [0.1, 0.15) is 11.3 Å². The van der Waals surface area contributed by atoms with Gasteiger partial charge in [-0.3, -0.25) is 4.90 Å². The number of nitrogens with zero attached hydrogens (tertiary/aromatic N) is 3. The SMILES string of the molecule is CN(Cc1cccnc1C#N)CC(F)(F)F. The van der Waals surface area contributed by atoms with Crippen molar-refractivity contribution < 1.29 is 13.2 Å². The maximum absolute atomic E-state index is 12.1. The van der Waals surface area contributed by atoms with Crippen molar-refractivity contribution in [3.8, 4) is 6.07 Å². The highest BCUT2D eigenvalue weighted by molar-refractivity contribution is 5.30. The fourth-order valence-corrected chi connectivity index (χ4v) is 1.32. The van der Waals surface area contributed by atoms with Gasteiger partial charge in [0.05, 0.1) is 6.54 Å². The third-order valence-electron chi connectivity index (χ3n) is 1.89. The number of rotatable bonds is 3. The quantitative estimate of drug-likeness (QED) is 0.795. The molecule has 0 N–H and O–H groups in total. The van der Waals surface area contributed by atoms with Gasteiger partial charge in [0.1, 0.15) is 11.8 Å². The van der Waals surface area contributed by atoms with Gasteiger partial charge in [0.2, 0.25) is 0 Å². The summed E-state index contributed by atoms with van der Waals surface area (Å²) in [5.41, 5.74) is 0.660. The fourth-order valence-electron chi connectivity index (χ4n) is 1.32. The molecule has 86 valence electrons. The molecule has 0 fully saturated rings. The van der Waals surface area contributed by atoms with Gasteiger partial charge in [-0.2, -0.15) is 18.4 Å². The monoisotopic (exact) mass is 229 g/mol. The van der Waals surface area contributed by atoms with Crippen LogP contribution in [0.2, 0.25) is 0 Å². The molecule has 0 saturated carbocycles. The lowest BCUT2D eigenvalue weighted by Crippen LogP contribution is -2.30. The van der Waals surface area contributed by atoms with Crippen LogP contribution in [0.3, 0.4) is 0 Å². The second-order valence-corrected chi connectivity index (χ2v) is 3.41. The number of hydrogen-bond acceptors (Lipinski definition) is 3. The molecule has 3 nitrogen and oxygen atoms in total. The van der Waals surface area contributed by atoms with E-state index in [-0.39, 0.29) is 12.2 Å². The number of alkyl halides is 3. The van der Waals surface area contributed by atoms with Gasteiger partial charge >= 0.3 is 6.18 Å². The second-order valence-electron chi connectivity index (χ2n) is 3.41. The molecule has 0 spiro atoms. The Bertz CT molecular complexity index is 395. The molecular weight excluding hydrogens is 219 g/mol. The van der Waals surface area contributed by atoms with Gasteiger partial charge in [0.25, 0.3) is 0 Å². The van der Waals surface area contributed by atoms with Gasteiger partial charge in [-0.05, 0) is 13.1 Å². The summed E-state index contributed by atoms with van der Waals surface area (Å²) in [5.74, 6) is 0. The Kier molecular flexibility index (Phi) is 3.85. The van der Waals surface area contributed by atoms with E-state index in [2.05, 4.69) is 4.98 Å². The topological polar surface area (TPSA) is 39.9 Å². The molecule has 0 amide bonds. The molecule has 1 rings (SSSR count). The summed E-state index contributed by atoms with van der Waals surface area (Å²) in [6, 6.07) is 5.04. The molecule has 16 heavy (non-hydrogen) atoms. The highest BCUT2D eigenvalue weighted by atomic mass is 19.4. The molecule has 0 atom stereocenters. The summed E-state index contributed by atoms with van der Waals surface area (Å²) < 4.78 is 36.2. The van der Waals surface area contributed by atoms with E-state index in [0.29, 0.717) is 5.56 Å². The number of hydrogen-bond donors (Lipinski definition) is 0. The Hall–Kier alpha value is -1.61. The van der Waals surface area contributed by atoms with E-state index < -0.39 is 12.7 Å². The van der Waals surface area contributed by atoms with Crippen LogP contribution in [0.4, 0.5) is 13.2 Å². The average Bonchev–Trinajstić information content (AvgIpc) is 2.15. The van der Waals surface area contributed by atoms with Crippen molar-refractivity contribution in [1.29, 1.82) is 5.26 Å². The first kappa shape index (κ1) is 12.5. The molecule has 0 aromatic carbocycles. The van der Waals surface area contributed by atoms with Crippen LogP contribution in [0, 0.1) is 11.3 Å². The second kappa shape index (κ2) is 4.94. The maximum Gasteiger partial charge on any atom is 0.401 e. The highest BCUT2D eigenvalue weighted by Crippen LogP contribution is 2.17. The summed E-state index contributed by atoms with van der Waals surface area (Å²) >= 11 is 0. The first-order chi connectivity index (χ1) is 7.42. The predicted octanol–water partition coefficient (Wildman–Crippen LogP) is 1.95. The van der Waals surface area contributed by atoms with Crippen molar-refractivity contribution in [3.63, 3.8) is 0 Å². The Morgan fingerprint density at radius 1 is 1.50 bits per heavy atom. The minimum Gasteiger partial charge on any atom is -0.294 e. The lowest BCUT2D eigenvalue weighted by molar-refractivity contribution is -0.144. The van der Waals surface area contributed by atoms with Crippen molar-refractivity contribution in [2.45, 2.75) is 12.7 Å². The smallest absolute Gasteiger partial charge is 0.294 e. The molecule has 0 aliphatic carbocycles. The van der Waals surface area contributed by atoms with Gasteiger partial charge in [0, 0.05) is 18.3 Å². The van der Waals surface area contributed by atoms with E-state index in [1.807, 2.05) is 6.07 Å². The molecule has 0 aliphatic heterocycles. The number of nitriles is 1. The molecule has 1 heterocycles. The number of aromatic nitrogens is 1. The van der Waals surface area contributed by atoms with Crippen LogP contribution < -0.4 is 0 Å². The zero-order chi connectivity index (χ0) is 12.2. The first-order valence-corrected chi connectivity index (χ1v) is 4.51. The maximum atomic E-state index is 12.1. The molecule has 1 aromatic rings. The molecule has 1 aromatic heterocycles. The van der Waals surface area contributed by atoms with Crippen LogP contribution in [-0.4, -0.2) is 29.7 Å². The van der Waals surface area contributed by atoms with Gasteiger partial charge in [-0.15, -0.1) is 0 Å². The first-order valence-electron chi connectivity index (χ1n) is 4.51. The van der Waals surface area contributed by atoms with Crippen LogP contribution in [0.5, 0.6) is 0 Å². The van der Waals surface area contributed by atoms with Crippen LogP contribution in [0.15, 0.2) is 18.3 Å². The van der Waals surface area contributed by atoms with Crippen LogP contribution in [0.25, 0.3) is 0 Å². The van der Waals surface area contributed by atoms with Crippen molar-refractivity contribution >= 4 is 0 Å². The lowest BCUT2D eigenvalue weighted by Gasteiger charge is -2.18. The van der Waals surface area contributed by atoms with Crippen LogP contribution >= 0.6 is 0 Å². The van der Waals surface area contributed by atoms with E-state index in [4.69, 9.17) is 5.26 Å². The van der Waals surface area contributed by atoms with E-state index in [1.54, 1.807) is 12.1 Å². The van der Waals surface area contributed by atoms with Gasteiger partial charge in [-0.25, -0.2) is 4.98 Å². The molecule has 0 bridgehead atoms. The van der Waals surface area contributed by atoms with Crippen LogP contribution in [-0.2, 0) is 6.54 Å². The average molecular weight is 229 g/mol. The molecule has 0 radical (unpaired) electrons. The molecule has 0 saturated heterocycles. The summed E-state index contributed by atoms with van der Waals surface area (Å²) in [5, 5.41) is 8.71. The fraction of sp³-hybridized carbons (Fsp3) is 0.400. The standard InChI is InChI=1S/C10H10F3N3/c1-16(7-10(11,12)13)6-8-3-2-4-15-9(8)5-14/h2-4H,6-7H2,1H3. The number of halogens is 3. The molecular formula is C10H10F3N3. The van der Waals surface area contributed by atoms with Gasteiger partial charge in [-0.1, -0.05) is 6.07 Å².